The molecule has 1 heterocycles. The standard InChI is InChI=1S/C23H24N2O9/c1-2-34-18-13-14(6-7-17(18)27)20-19(21(28)15-4-3-5-16(12-15)25(31)32)22(29)23(30)24(20)8-10-33-11-9-26/h3-7,12-13,20,26-28H,2,8-11H2,1H3/b21-19+/t20-/m1/s1. The largest absolute Gasteiger partial charge is 0.507 e. The number of nitrogens with zero attached hydrogens (tertiary/aromatic N) is 2. The number of hydrogen-bond donors (Lipinski definition) is 3. The van der Waals surface area contributed by atoms with Gasteiger partial charge in [-0.2, -0.15) is 0 Å². The number of nitro benzene ring substituents is 1. The number of ether oxygens (including phenoxy) is 2. The highest BCUT2D eigenvalue weighted by Crippen LogP contribution is 2.41. The molecule has 0 radical (unpaired) electrons. The van der Waals surface area contributed by atoms with Crippen LogP contribution in [0.2, 0.25) is 0 Å². The summed E-state index contributed by atoms with van der Waals surface area (Å²) in [6, 6.07) is 8.29. The van der Waals surface area contributed by atoms with Crippen molar-refractivity contribution in [3.05, 3.63) is 69.3 Å². The molecule has 34 heavy (non-hydrogen) atoms. The van der Waals surface area contributed by atoms with E-state index in [2.05, 4.69) is 0 Å². The van der Waals surface area contributed by atoms with E-state index in [0.29, 0.717) is 5.56 Å². The van der Waals surface area contributed by atoms with Crippen LogP contribution >= 0.6 is 0 Å². The average molecular weight is 472 g/mol. The maximum absolute atomic E-state index is 13.0. The molecule has 0 spiro atoms. The number of likely N-dealkylation sites (tertiary alicyclic amines) is 1. The average Bonchev–Trinajstić information content (AvgIpc) is 3.08. The van der Waals surface area contributed by atoms with E-state index < -0.39 is 28.4 Å². The molecule has 11 nitrogen and oxygen atoms in total. The Bertz CT molecular complexity index is 1130. The summed E-state index contributed by atoms with van der Waals surface area (Å²) in [5.41, 5.74) is -0.191. The number of amides is 1. The van der Waals surface area contributed by atoms with E-state index in [-0.39, 0.29) is 61.3 Å². The van der Waals surface area contributed by atoms with Crippen LogP contribution in [0.4, 0.5) is 5.69 Å². The first-order chi connectivity index (χ1) is 16.3. The van der Waals surface area contributed by atoms with E-state index in [1.165, 1.54) is 41.3 Å². The first-order valence-corrected chi connectivity index (χ1v) is 10.5. The summed E-state index contributed by atoms with van der Waals surface area (Å²) < 4.78 is 10.7. The summed E-state index contributed by atoms with van der Waals surface area (Å²) in [6.07, 6.45) is 0. The number of rotatable bonds is 10. The summed E-state index contributed by atoms with van der Waals surface area (Å²) in [5, 5.41) is 41.2. The van der Waals surface area contributed by atoms with Crippen molar-refractivity contribution in [2.45, 2.75) is 13.0 Å². The van der Waals surface area contributed by atoms with Gasteiger partial charge in [0.05, 0.1) is 43.0 Å². The van der Waals surface area contributed by atoms with Crippen molar-refractivity contribution in [1.82, 2.24) is 4.90 Å². The number of aliphatic hydroxyl groups excluding tert-OH is 2. The number of benzene rings is 2. The monoisotopic (exact) mass is 472 g/mol. The molecule has 0 saturated carbocycles. The van der Waals surface area contributed by atoms with Crippen LogP contribution in [0.15, 0.2) is 48.0 Å². The Labute approximate surface area is 194 Å². The maximum atomic E-state index is 13.0. The Morgan fingerprint density at radius 2 is 1.94 bits per heavy atom. The molecule has 1 aliphatic heterocycles. The molecule has 2 aromatic carbocycles. The molecular weight excluding hydrogens is 448 g/mol. The number of nitro groups is 1. The Morgan fingerprint density at radius 3 is 2.62 bits per heavy atom. The number of carbonyl (C=O) groups is 2. The zero-order valence-electron chi connectivity index (χ0n) is 18.3. The highest BCUT2D eigenvalue weighted by Gasteiger charge is 2.46. The van der Waals surface area contributed by atoms with Gasteiger partial charge in [0.25, 0.3) is 17.4 Å². The fourth-order valence-electron chi connectivity index (χ4n) is 3.68. The summed E-state index contributed by atoms with van der Waals surface area (Å²) in [5.74, 6) is -2.46. The molecule has 1 atom stereocenters. The number of non-ortho nitro benzene ring substituents is 1. The second kappa shape index (κ2) is 10.8. The SMILES string of the molecule is CCOc1cc([C@@H]2/C(=C(\O)c3cccc([N+](=O)[O-])c3)C(=O)C(=O)N2CCOCCO)ccc1O. The zero-order valence-corrected chi connectivity index (χ0v) is 18.3. The van der Waals surface area contributed by atoms with Crippen molar-refractivity contribution in [2.24, 2.45) is 0 Å². The van der Waals surface area contributed by atoms with Gasteiger partial charge in [-0.1, -0.05) is 18.2 Å². The van der Waals surface area contributed by atoms with Gasteiger partial charge < -0.3 is 29.7 Å². The first kappa shape index (κ1) is 24.7. The third kappa shape index (κ3) is 5.00. The second-order valence-corrected chi connectivity index (χ2v) is 7.30. The molecule has 0 aliphatic carbocycles. The van der Waals surface area contributed by atoms with Gasteiger partial charge in [0, 0.05) is 24.2 Å². The summed E-state index contributed by atoms with van der Waals surface area (Å²) in [4.78, 5) is 37.6. The minimum Gasteiger partial charge on any atom is -0.507 e. The molecule has 3 N–H and O–H groups in total. The molecular formula is C23H24N2O9. The van der Waals surface area contributed by atoms with Crippen LogP contribution in [0, 0.1) is 10.1 Å². The molecule has 1 amide bonds. The van der Waals surface area contributed by atoms with Gasteiger partial charge in [-0.05, 0) is 24.6 Å². The van der Waals surface area contributed by atoms with E-state index in [9.17, 15) is 29.9 Å². The smallest absolute Gasteiger partial charge is 0.295 e. The zero-order chi connectivity index (χ0) is 24.8. The lowest BCUT2D eigenvalue weighted by atomic mass is 9.95. The molecule has 0 bridgehead atoms. The van der Waals surface area contributed by atoms with E-state index in [4.69, 9.17) is 14.6 Å². The van der Waals surface area contributed by atoms with Gasteiger partial charge in [0.15, 0.2) is 11.5 Å². The van der Waals surface area contributed by atoms with Gasteiger partial charge in [-0.3, -0.25) is 19.7 Å². The highest BCUT2D eigenvalue weighted by atomic mass is 16.6. The van der Waals surface area contributed by atoms with Gasteiger partial charge in [-0.25, -0.2) is 0 Å². The number of Topliss-reactive ketones (excluding diaryl/α,β-unsaturated/α-hetero) is 1. The van der Waals surface area contributed by atoms with Gasteiger partial charge in [0.2, 0.25) is 0 Å². The normalized spacial score (nSPS) is 17.2. The number of aliphatic hydroxyl groups is 2. The fraction of sp³-hybridized carbons (Fsp3) is 0.304. The molecule has 1 aliphatic rings. The minimum absolute atomic E-state index is 0.00228. The Hall–Kier alpha value is -3.96. The van der Waals surface area contributed by atoms with Crippen LogP contribution in [-0.2, 0) is 14.3 Å². The number of phenolic OH excluding ortho intramolecular Hbond substituents is 1. The summed E-state index contributed by atoms with van der Waals surface area (Å²) in [7, 11) is 0. The van der Waals surface area contributed by atoms with Crippen LogP contribution in [0.1, 0.15) is 24.1 Å². The molecule has 2 aromatic rings. The lowest BCUT2D eigenvalue weighted by Gasteiger charge is -2.25. The Morgan fingerprint density at radius 1 is 1.18 bits per heavy atom. The molecule has 180 valence electrons. The van der Waals surface area contributed by atoms with Gasteiger partial charge in [-0.15, -0.1) is 0 Å². The van der Waals surface area contributed by atoms with Crippen LogP contribution in [0.5, 0.6) is 11.5 Å². The minimum atomic E-state index is -1.07. The molecule has 11 heteroatoms. The van der Waals surface area contributed by atoms with Gasteiger partial charge >= 0.3 is 0 Å². The maximum Gasteiger partial charge on any atom is 0.295 e. The topological polar surface area (TPSA) is 160 Å². The fourth-order valence-corrected chi connectivity index (χ4v) is 3.68. The lowest BCUT2D eigenvalue weighted by Crippen LogP contribution is -2.33. The van der Waals surface area contributed by atoms with Crippen LogP contribution < -0.4 is 4.74 Å². The number of ketones is 1. The van der Waals surface area contributed by atoms with E-state index in [1.807, 2.05) is 0 Å². The first-order valence-electron chi connectivity index (χ1n) is 10.5. The Kier molecular flexibility index (Phi) is 7.82. The summed E-state index contributed by atoms with van der Waals surface area (Å²) >= 11 is 0. The molecule has 1 saturated heterocycles. The molecule has 0 unspecified atom stereocenters. The Balaban J connectivity index is 2.14. The third-order valence-corrected chi connectivity index (χ3v) is 5.18. The van der Waals surface area contributed by atoms with Crippen molar-refractivity contribution in [3.8, 4) is 11.5 Å². The number of phenols is 1. The number of aromatic hydroxyl groups is 1. The predicted molar refractivity (Wildman–Crippen MR) is 119 cm³/mol. The van der Waals surface area contributed by atoms with E-state index in [0.717, 1.165) is 6.07 Å². The summed E-state index contributed by atoms with van der Waals surface area (Å²) in [6.45, 7) is 1.77. The predicted octanol–water partition coefficient (Wildman–Crippen LogP) is 2.13. The molecule has 1 fully saturated rings. The van der Waals surface area contributed by atoms with Crippen molar-refractivity contribution < 1.29 is 39.3 Å². The highest BCUT2D eigenvalue weighted by molar-refractivity contribution is 6.46. The van der Waals surface area contributed by atoms with Crippen molar-refractivity contribution in [3.63, 3.8) is 0 Å². The number of hydrogen-bond acceptors (Lipinski definition) is 9. The van der Waals surface area contributed by atoms with Crippen LogP contribution in [0.3, 0.4) is 0 Å². The third-order valence-electron chi connectivity index (χ3n) is 5.18. The second-order valence-electron chi connectivity index (χ2n) is 7.30. The van der Waals surface area contributed by atoms with Crippen LogP contribution in [0.25, 0.3) is 5.76 Å². The van der Waals surface area contributed by atoms with Crippen molar-refractivity contribution >= 4 is 23.1 Å². The van der Waals surface area contributed by atoms with E-state index >= 15 is 0 Å². The molecule has 3 rings (SSSR count). The van der Waals surface area contributed by atoms with Crippen molar-refractivity contribution in [1.29, 1.82) is 0 Å². The lowest BCUT2D eigenvalue weighted by molar-refractivity contribution is -0.384. The number of carbonyl (C=O) groups excluding carboxylic acids is 2. The molecule has 0 aromatic heterocycles. The van der Waals surface area contributed by atoms with Crippen LogP contribution in [-0.4, -0.2) is 69.8 Å². The quantitative estimate of drug-likeness (QED) is 0.118. The van der Waals surface area contributed by atoms with E-state index in [1.54, 1.807) is 6.92 Å². The van der Waals surface area contributed by atoms with Crippen molar-refractivity contribution in [2.75, 3.05) is 33.0 Å². The van der Waals surface area contributed by atoms with Gasteiger partial charge in [0.1, 0.15) is 5.76 Å².